The van der Waals surface area contributed by atoms with E-state index < -0.39 is 5.82 Å². The fourth-order valence-corrected chi connectivity index (χ4v) is 2.65. The van der Waals surface area contributed by atoms with Crippen molar-refractivity contribution in [3.05, 3.63) is 53.1 Å². The molecule has 0 unspecified atom stereocenters. The largest absolute Gasteiger partial charge is 0.476 e. The lowest BCUT2D eigenvalue weighted by Crippen LogP contribution is -2.06. The molecular weight excluding hydrogens is 341 g/mol. The van der Waals surface area contributed by atoms with Crippen LogP contribution in [0.2, 0.25) is 5.02 Å². The summed E-state index contributed by atoms with van der Waals surface area (Å²) in [6.45, 7) is 4.59. The predicted octanol–water partition coefficient (Wildman–Crippen LogP) is 5.00. The fraction of sp³-hybridized carbons (Fsp3) is 0.211. The normalized spacial score (nSPS) is 10.9. The minimum atomic E-state index is -0.583. The van der Waals surface area contributed by atoms with Crippen LogP contribution in [0.25, 0.3) is 22.0 Å². The lowest BCUT2D eigenvalue weighted by Gasteiger charge is -2.11. The van der Waals surface area contributed by atoms with Crippen LogP contribution in [0.15, 0.2) is 36.7 Å². The molecule has 6 heteroatoms. The Kier molecular flexibility index (Phi) is 4.82. The van der Waals surface area contributed by atoms with Crippen LogP contribution in [-0.4, -0.2) is 16.6 Å². The van der Waals surface area contributed by atoms with Crippen molar-refractivity contribution in [1.82, 2.24) is 9.97 Å². The van der Waals surface area contributed by atoms with E-state index in [1.807, 2.05) is 19.9 Å². The van der Waals surface area contributed by atoms with E-state index in [1.54, 1.807) is 24.5 Å². The third-order valence-corrected chi connectivity index (χ3v) is 3.89. The Morgan fingerprint density at radius 3 is 2.76 bits per heavy atom. The highest BCUT2D eigenvalue weighted by molar-refractivity contribution is 6.32. The summed E-state index contributed by atoms with van der Waals surface area (Å²) in [6.07, 6.45) is 3.24. The Balaban J connectivity index is 2.06. The topological polar surface area (TPSA) is 58.8 Å². The molecule has 0 saturated carbocycles. The first-order valence-corrected chi connectivity index (χ1v) is 8.14. The lowest BCUT2D eigenvalue weighted by atomic mass is 10.0. The average Bonchev–Trinajstić information content (AvgIpc) is 2.59. The standard InChI is InChI=1S/C19H15ClFN3O/c1-11(2)10-25-19-16(20)5-13(9-24-19)14-3-4-23-18-6-12(8-22)17(21)7-15(14)18/h3-7,9,11H,10H2,1-2H3. The molecule has 0 aliphatic heterocycles. The predicted molar refractivity (Wildman–Crippen MR) is 95.0 cm³/mol. The van der Waals surface area contributed by atoms with Gasteiger partial charge in [-0.3, -0.25) is 4.98 Å². The molecule has 3 aromatic rings. The van der Waals surface area contributed by atoms with E-state index in [9.17, 15) is 4.39 Å². The molecule has 0 saturated heterocycles. The summed E-state index contributed by atoms with van der Waals surface area (Å²) in [4.78, 5) is 8.48. The SMILES string of the molecule is CC(C)COc1ncc(-c2ccnc3cc(C#N)c(F)cc23)cc1Cl. The van der Waals surface area contributed by atoms with Gasteiger partial charge in [-0.15, -0.1) is 0 Å². The third-order valence-electron chi connectivity index (χ3n) is 3.62. The van der Waals surface area contributed by atoms with Gasteiger partial charge >= 0.3 is 0 Å². The fourth-order valence-electron chi connectivity index (χ4n) is 2.43. The maximum Gasteiger partial charge on any atom is 0.232 e. The van der Waals surface area contributed by atoms with Crippen LogP contribution < -0.4 is 4.74 Å². The lowest BCUT2D eigenvalue weighted by molar-refractivity contribution is 0.261. The van der Waals surface area contributed by atoms with Gasteiger partial charge in [0.05, 0.1) is 17.7 Å². The number of nitrogens with zero attached hydrogens (tertiary/aromatic N) is 3. The van der Waals surface area contributed by atoms with E-state index in [0.29, 0.717) is 34.3 Å². The van der Waals surface area contributed by atoms with E-state index in [4.69, 9.17) is 21.6 Å². The molecule has 3 rings (SSSR count). The van der Waals surface area contributed by atoms with Gasteiger partial charge < -0.3 is 4.74 Å². The summed E-state index contributed by atoms with van der Waals surface area (Å²) in [5.41, 5.74) is 1.95. The molecule has 4 nitrogen and oxygen atoms in total. The molecule has 0 radical (unpaired) electrons. The quantitative estimate of drug-likeness (QED) is 0.661. The first kappa shape index (κ1) is 17.1. The Bertz CT molecular complexity index is 982. The van der Waals surface area contributed by atoms with Gasteiger partial charge in [-0.05, 0) is 35.7 Å². The number of hydrogen-bond acceptors (Lipinski definition) is 4. The molecule has 2 heterocycles. The molecule has 25 heavy (non-hydrogen) atoms. The highest BCUT2D eigenvalue weighted by atomic mass is 35.5. The summed E-state index contributed by atoms with van der Waals surface area (Å²) >= 11 is 6.27. The van der Waals surface area contributed by atoms with Crippen molar-refractivity contribution in [2.75, 3.05) is 6.61 Å². The zero-order valence-electron chi connectivity index (χ0n) is 13.8. The number of rotatable bonds is 4. The molecule has 126 valence electrons. The van der Waals surface area contributed by atoms with Crippen LogP contribution in [0.4, 0.5) is 4.39 Å². The Morgan fingerprint density at radius 2 is 2.08 bits per heavy atom. The second-order valence-electron chi connectivity index (χ2n) is 6.04. The molecule has 0 fully saturated rings. The van der Waals surface area contributed by atoms with Gasteiger partial charge in [-0.2, -0.15) is 5.26 Å². The minimum absolute atomic E-state index is 0.0364. The number of ether oxygens (including phenoxy) is 1. The minimum Gasteiger partial charge on any atom is -0.476 e. The van der Waals surface area contributed by atoms with Crippen molar-refractivity contribution >= 4 is 22.5 Å². The highest BCUT2D eigenvalue weighted by Crippen LogP contribution is 2.32. The first-order chi connectivity index (χ1) is 12.0. The van der Waals surface area contributed by atoms with Crippen LogP contribution in [-0.2, 0) is 0 Å². The maximum absolute atomic E-state index is 14.0. The van der Waals surface area contributed by atoms with Gasteiger partial charge in [0.15, 0.2) is 0 Å². The van der Waals surface area contributed by atoms with Gasteiger partial charge in [0.1, 0.15) is 16.9 Å². The Hall–Kier alpha value is -2.71. The van der Waals surface area contributed by atoms with Crippen LogP contribution in [0, 0.1) is 23.1 Å². The van der Waals surface area contributed by atoms with Crippen molar-refractivity contribution in [2.45, 2.75) is 13.8 Å². The van der Waals surface area contributed by atoms with Gasteiger partial charge in [-0.1, -0.05) is 25.4 Å². The zero-order chi connectivity index (χ0) is 18.0. The van der Waals surface area contributed by atoms with E-state index in [0.717, 1.165) is 11.1 Å². The van der Waals surface area contributed by atoms with E-state index in [-0.39, 0.29) is 5.56 Å². The molecule has 0 bridgehead atoms. The van der Waals surface area contributed by atoms with E-state index in [2.05, 4.69) is 9.97 Å². The zero-order valence-corrected chi connectivity index (χ0v) is 14.5. The molecule has 0 N–H and O–H groups in total. The molecule has 0 amide bonds. The van der Waals surface area contributed by atoms with Gasteiger partial charge in [0, 0.05) is 23.3 Å². The number of hydrogen-bond donors (Lipinski definition) is 0. The molecule has 2 aromatic heterocycles. The second-order valence-corrected chi connectivity index (χ2v) is 6.44. The number of fused-ring (bicyclic) bond motifs is 1. The van der Waals surface area contributed by atoms with Crippen LogP contribution >= 0.6 is 11.6 Å². The van der Waals surface area contributed by atoms with Gasteiger partial charge in [0.25, 0.3) is 0 Å². The van der Waals surface area contributed by atoms with Crippen molar-refractivity contribution in [2.24, 2.45) is 5.92 Å². The monoisotopic (exact) mass is 355 g/mol. The molecule has 0 atom stereocenters. The Labute approximate surface area is 149 Å². The maximum atomic E-state index is 14.0. The first-order valence-electron chi connectivity index (χ1n) is 7.76. The number of benzene rings is 1. The summed E-state index contributed by atoms with van der Waals surface area (Å²) < 4.78 is 19.6. The molecule has 0 aliphatic carbocycles. The van der Waals surface area contributed by atoms with Crippen molar-refractivity contribution in [3.8, 4) is 23.1 Å². The van der Waals surface area contributed by atoms with Crippen LogP contribution in [0.3, 0.4) is 0 Å². The van der Waals surface area contributed by atoms with Crippen LogP contribution in [0.1, 0.15) is 19.4 Å². The Morgan fingerprint density at radius 1 is 1.28 bits per heavy atom. The van der Waals surface area contributed by atoms with E-state index >= 15 is 0 Å². The smallest absolute Gasteiger partial charge is 0.232 e. The van der Waals surface area contributed by atoms with Crippen molar-refractivity contribution < 1.29 is 9.13 Å². The molecular formula is C19H15ClFN3O. The summed E-state index contributed by atoms with van der Waals surface area (Å²) in [5.74, 6) is 0.148. The summed E-state index contributed by atoms with van der Waals surface area (Å²) in [7, 11) is 0. The summed E-state index contributed by atoms with van der Waals surface area (Å²) in [6, 6.07) is 8.06. The number of halogens is 2. The molecule has 0 spiro atoms. The van der Waals surface area contributed by atoms with Gasteiger partial charge in [-0.25, -0.2) is 9.37 Å². The molecule has 1 aromatic carbocycles. The van der Waals surface area contributed by atoms with Crippen LogP contribution in [0.5, 0.6) is 5.88 Å². The van der Waals surface area contributed by atoms with Crippen molar-refractivity contribution in [1.29, 1.82) is 5.26 Å². The summed E-state index contributed by atoms with van der Waals surface area (Å²) in [5, 5.41) is 9.94. The second kappa shape index (κ2) is 7.04. The average molecular weight is 356 g/mol. The van der Waals surface area contributed by atoms with Crippen molar-refractivity contribution in [3.63, 3.8) is 0 Å². The molecule has 0 aliphatic rings. The highest BCUT2D eigenvalue weighted by Gasteiger charge is 2.12. The number of nitriles is 1. The third kappa shape index (κ3) is 3.54. The number of aromatic nitrogens is 2. The van der Waals surface area contributed by atoms with E-state index in [1.165, 1.54) is 12.1 Å². The number of pyridine rings is 2. The van der Waals surface area contributed by atoms with Gasteiger partial charge in [0.2, 0.25) is 5.88 Å².